The molecule has 2 amide bonds. The molecule has 3 unspecified atom stereocenters. The van der Waals surface area contributed by atoms with Crippen molar-refractivity contribution in [1.82, 2.24) is 15.1 Å². The molecule has 3 N–H and O–H groups in total. The molecule has 2 aromatic carbocycles. The third-order valence-electron chi connectivity index (χ3n) is 6.40. The van der Waals surface area contributed by atoms with E-state index in [0.717, 1.165) is 16.8 Å². The number of nitrogens with one attached hydrogen (secondary N) is 2. The van der Waals surface area contributed by atoms with E-state index in [-0.39, 0.29) is 0 Å². The summed E-state index contributed by atoms with van der Waals surface area (Å²) >= 11 is 0. The smallest absolute Gasteiger partial charge is 0.320 e. The van der Waals surface area contributed by atoms with Crippen LogP contribution in [-0.2, 0) is 10.2 Å². The number of urea groups is 1. The summed E-state index contributed by atoms with van der Waals surface area (Å²) in [6, 6.07) is 16.2. The Morgan fingerprint density at radius 1 is 1.09 bits per heavy atom. The average molecular weight is 451 g/mol. The Bertz CT molecular complexity index is 1140. The van der Waals surface area contributed by atoms with Crippen molar-refractivity contribution < 1.29 is 19.4 Å². The van der Waals surface area contributed by atoms with Gasteiger partial charge in [0.15, 0.2) is 0 Å². The summed E-state index contributed by atoms with van der Waals surface area (Å²) in [4.78, 5) is 13.2. The maximum absolute atomic E-state index is 13.2. The second-order valence-electron chi connectivity index (χ2n) is 8.76. The van der Waals surface area contributed by atoms with Crippen LogP contribution < -0.4 is 15.4 Å². The molecule has 33 heavy (non-hydrogen) atoms. The topological polar surface area (TPSA) is 97.6 Å². The fourth-order valence-electron chi connectivity index (χ4n) is 4.75. The van der Waals surface area contributed by atoms with Gasteiger partial charge in [-0.15, -0.1) is 5.10 Å². The lowest BCUT2D eigenvalue weighted by atomic mass is 9.67. The zero-order valence-corrected chi connectivity index (χ0v) is 19.5. The van der Waals surface area contributed by atoms with Crippen molar-refractivity contribution in [2.45, 2.75) is 44.4 Å². The molecule has 3 atom stereocenters. The lowest BCUT2D eigenvalue weighted by Gasteiger charge is -2.46. The monoisotopic (exact) mass is 450 g/mol. The van der Waals surface area contributed by atoms with Crippen LogP contribution >= 0.6 is 0 Å². The number of anilines is 1. The minimum atomic E-state index is -0.930. The SMILES string of the molecule is COc1nn(-c2ccccc2)c(NC(=O)NC2c3ccccc3C(C)(C)C(OC)C2O)c1C. The molecule has 8 nitrogen and oxygen atoms in total. The fourth-order valence-corrected chi connectivity index (χ4v) is 4.75. The van der Waals surface area contributed by atoms with Crippen LogP contribution in [0.3, 0.4) is 0 Å². The number of hydrogen-bond donors (Lipinski definition) is 3. The number of ether oxygens (including phenoxy) is 2. The Morgan fingerprint density at radius 2 is 1.76 bits per heavy atom. The first-order valence-corrected chi connectivity index (χ1v) is 10.9. The Kier molecular flexibility index (Phi) is 6.14. The number of fused-ring (bicyclic) bond motifs is 1. The summed E-state index contributed by atoms with van der Waals surface area (Å²) in [5.74, 6) is 0.899. The van der Waals surface area contributed by atoms with E-state index in [1.54, 1.807) is 11.8 Å². The van der Waals surface area contributed by atoms with Gasteiger partial charge in [0.1, 0.15) is 11.9 Å². The number of aliphatic hydroxyl groups is 1. The molecule has 174 valence electrons. The van der Waals surface area contributed by atoms with E-state index in [0.29, 0.717) is 17.3 Å². The van der Waals surface area contributed by atoms with Crippen LogP contribution in [0, 0.1) is 6.92 Å². The normalized spacial score (nSPS) is 21.2. The van der Waals surface area contributed by atoms with E-state index in [9.17, 15) is 9.90 Å². The van der Waals surface area contributed by atoms with Gasteiger partial charge in [-0.25, -0.2) is 9.48 Å². The summed E-state index contributed by atoms with van der Waals surface area (Å²) < 4.78 is 12.7. The Balaban J connectivity index is 1.65. The molecule has 0 bridgehead atoms. The average Bonchev–Trinajstić information content (AvgIpc) is 3.12. The predicted octanol–water partition coefficient (Wildman–Crippen LogP) is 3.72. The van der Waals surface area contributed by atoms with Gasteiger partial charge in [-0.2, -0.15) is 0 Å². The molecular weight excluding hydrogens is 420 g/mol. The lowest BCUT2D eigenvalue weighted by molar-refractivity contribution is -0.0730. The first-order valence-electron chi connectivity index (χ1n) is 10.9. The molecule has 3 aromatic rings. The summed E-state index contributed by atoms with van der Waals surface area (Å²) in [6.07, 6.45) is -1.42. The first kappa shape index (κ1) is 22.8. The maximum Gasteiger partial charge on any atom is 0.320 e. The standard InChI is InChI=1S/C25H30N4O4/c1-15-22(29(28-23(15)33-5)16-11-7-6-8-12-16)27-24(31)26-19-17-13-9-10-14-18(17)25(2,3)21(32-4)20(19)30/h6-14,19-21,30H,1-5H3,(H2,26,27,31). The summed E-state index contributed by atoms with van der Waals surface area (Å²) in [5, 5.41) is 21.5. The molecule has 0 fully saturated rings. The van der Waals surface area contributed by atoms with Gasteiger partial charge in [-0.05, 0) is 30.2 Å². The quantitative estimate of drug-likeness (QED) is 0.550. The molecule has 0 saturated heterocycles. The lowest BCUT2D eigenvalue weighted by Crippen LogP contribution is -2.55. The van der Waals surface area contributed by atoms with Crippen molar-refractivity contribution >= 4 is 11.8 Å². The fraction of sp³-hybridized carbons (Fsp3) is 0.360. The van der Waals surface area contributed by atoms with Crippen LogP contribution in [0.2, 0.25) is 0 Å². The van der Waals surface area contributed by atoms with E-state index in [1.807, 2.05) is 75.4 Å². The second-order valence-corrected chi connectivity index (χ2v) is 8.76. The van der Waals surface area contributed by atoms with Gasteiger partial charge in [0.05, 0.1) is 30.5 Å². The van der Waals surface area contributed by atoms with Gasteiger partial charge in [0.25, 0.3) is 0 Å². The first-order chi connectivity index (χ1) is 15.8. The van der Waals surface area contributed by atoms with Gasteiger partial charge < -0.3 is 19.9 Å². The number of amides is 2. The zero-order valence-electron chi connectivity index (χ0n) is 19.5. The number of rotatable bonds is 5. The van der Waals surface area contributed by atoms with E-state index < -0.39 is 29.7 Å². The molecular formula is C25H30N4O4. The van der Waals surface area contributed by atoms with Gasteiger partial charge in [-0.1, -0.05) is 56.3 Å². The molecule has 4 rings (SSSR count). The molecule has 0 radical (unpaired) electrons. The molecule has 1 aliphatic carbocycles. The van der Waals surface area contributed by atoms with Gasteiger partial charge in [0, 0.05) is 12.5 Å². The van der Waals surface area contributed by atoms with E-state index in [1.165, 1.54) is 7.11 Å². The molecule has 0 spiro atoms. The largest absolute Gasteiger partial charge is 0.480 e. The van der Waals surface area contributed by atoms with Crippen LogP contribution in [0.15, 0.2) is 54.6 Å². The highest BCUT2D eigenvalue weighted by molar-refractivity contribution is 5.90. The Morgan fingerprint density at radius 3 is 2.42 bits per heavy atom. The van der Waals surface area contributed by atoms with Crippen LogP contribution in [0.1, 0.15) is 36.6 Å². The molecule has 1 aliphatic rings. The summed E-state index contributed by atoms with van der Waals surface area (Å²) in [7, 11) is 3.12. The van der Waals surface area contributed by atoms with Crippen LogP contribution in [0.4, 0.5) is 10.6 Å². The van der Waals surface area contributed by atoms with Crippen LogP contribution in [0.5, 0.6) is 5.88 Å². The number of nitrogens with zero attached hydrogens (tertiary/aromatic N) is 2. The van der Waals surface area contributed by atoms with Crippen molar-refractivity contribution in [3.05, 3.63) is 71.3 Å². The molecule has 0 aliphatic heterocycles. The number of methoxy groups -OCH3 is 2. The van der Waals surface area contributed by atoms with Crippen LogP contribution in [-0.4, -0.2) is 47.3 Å². The van der Waals surface area contributed by atoms with Crippen molar-refractivity contribution in [2.24, 2.45) is 0 Å². The molecule has 8 heteroatoms. The third kappa shape index (κ3) is 3.96. The number of benzene rings is 2. The highest BCUT2D eigenvalue weighted by Crippen LogP contribution is 2.43. The number of para-hydroxylation sites is 1. The Hall–Kier alpha value is -3.36. The van der Waals surface area contributed by atoms with E-state index in [2.05, 4.69) is 15.7 Å². The predicted molar refractivity (Wildman–Crippen MR) is 126 cm³/mol. The number of aromatic nitrogens is 2. The van der Waals surface area contributed by atoms with E-state index >= 15 is 0 Å². The minimum Gasteiger partial charge on any atom is -0.480 e. The number of carbonyl (C=O) groups is 1. The van der Waals surface area contributed by atoms with E-state index in [4.69, 9.17) is 9.47 Å². The number of aliphatic hydroxyl groups excluding tert-OH is 1. The molecule has 0 saturated carbocycles. The minimum absolute atomic E-state index is 0.415. The van der Waals surface area contributed by atoms with Crippen molar-refractivity contribution in [2.75, 3.05) is 19.5 Å². The number of carbonyl (C=O) groups excluding carboxylic acids is 1. The van der Waals surface area contributed by atoms with Gasteiger partial charge in [-0.3, -0.25) is 5.32 Å². The Labute approximate surface area is 193 Å². The summed E-state index contributed by atoms with van der Waals surface area (Å²) in [5.41, 5.74) is 2.94. The second kappa shape index (κ2) is 8.88. The number of hydrogen-bond acceptors (Lipinski definition) is 5. The third-order valence-corrected chi connectivity index (χ3v) is 6.40. The maximum atomic E-state index is 13.2. The van der Waals surface area contributed by atoms with Gasteiger partial charge in [0.2, 0.25) is 5.88 Å². The highest BCUT2D eigenvalue weighted by atomic mass is 16.5. The van der Waals surface area contributed by atoms with Crippen molar-refractivity contribution in [3.8, 4) is 11.6 Å². The van der Waals surface area contributed by atoms with Gasteiger partial charge >= 0.3 is 6.03 Å². The zero-order chi connectivity index (χ0) is 23.8. The molecule has 1 heterocycles. The highest BCUT2D eigenvalue weighted by Gasteiger charge is 2.47. The summed E-state index contributed by atoms with van der Waals surface area (Å²) in [6.45, 7) is 5.90. The van der Waals surface area contributed by atoms with Crippen LogP contribution in [0.25, 0.3) is 5.69 Å². The molecule has 1 aromatic heterocycles. The van der Waals surface area contributed by atoms with Crippen molar-refractivity contribution in [1.29, 1.82) is 0 Å². The van der Waals surface area contributed by atoms with Crippen molar-refractivity contribution in [3.63, 3.8) is 0 Å².